The summed E-state index contributed by atoms with van der Waals surface area (Å²) >= 11 is 0. The highest BCUT2D eigenvalue weighted by Gasteiger charge is 2.28. The van der Waals surface area contributed by atoms with E-state index in [4.69, 9.17) is 14.8 Å². The molecule has 0 spiro atoms. The minimum atomic E-state index is 0.0498. The molecule has 0 saturated carbocycles. The average molecular weight is 379 g/mol. The zero-order valence-corrected chi connectivity index (χ0v) is 16.5. The van der Waals surface area contributed by atoms with E-state index in [1.165, 1.54) is 0 Å². The standard InChI is InChI=1S/C21H25N5O2/c1-24(2)21(27)25-11-5-7-17(13-25)20-22-19-10-9-16(14-26(19)23-20)15-6-4-8-18(12-15)28-3/h4,6,8-10,12,14,17H,5,7,11,13H2,1-3H3/t17-/m1/s1. The summed E-state index contributed by atoms with van der Waals surface area (Å²) in [4.78, 5) is 20.5. The zero-order valence-electron chi connectivity index (χ0n) is 16.5. The van der Waals surface area contributed by atoms with Gasteiger partial charge < -0.3 is 14.5 Å². The molecule has 0 aliphatic carbocycles. The van der Waals surface area contributed by atoms with Crippen molar-refractivity contribution in [1.29, 1.82) is 0 Å². The summed E-state index contributed by atoms with van der Waals surface area (Å²) in [5, 5.41) is 4.73. The number of methoxy groups -OCH3 is 1. The summed E-state index contributed by atoms with van der Waals surface area (Å²) in [6.45, 7) is 1.46. The predicted octanol–water partition coefficient (Wildman–Crippen LogP) is 3.27. The molecule has 1 atom stereocenters. The molecule has 0 unspecified atom stereocenters. The Morgan fingerprint density at radius 1 is 1.21 bits per heavy atom. The number of ether oxygens (including phenoxy) is 1. The lowest BCUT2D eigenvalue weighted by atomic mass is 9.98. The van der Waals surface area contributed by atoms with Gasteiger partial charge in [-0.05, 0) is 42.7 Å². The topological polar surface area (TPSA) is 63.0 Å². The van der Waals surface area contributed by atoms with Crippen molar-refractivity contribution in [3.8, 4) is 16.9 Å². The van der Waals surface area contributed by atoms with E-state index in [0.29, 0.717) is 6.54 Å². The van der Waals surface area contributed by atoms with Crippen LogP contribution in [0.15, 0.2) is 42.6 Å². The molecule has 4 rings (SSSR count). The third kappa shape index (κ3) is 3.52. The Kier molecular flexibility index (Phi) is 4.90. The van der Waals surface area contributed by atoms with Crippen molar-refractivity contribution in [2.75, 3.05) is 34.3 Å². The molecule has 7 nitrogen and oxygen atoms in total. The Balaban J connectivity index is 1.60. The minimum Gasteiger partial charge on any atom is -0.497 e. The van der Waals surface area contributed by atoms with Gasteiger partial charge in [0.25, 0.3) is 0 Å². The number of likely N-dealkylation sites (tertiary alicyclic amines) is 1. The van der Waals surface area contributed by atoms with Gasteiger partial charge in [0.2, 0.25) is 0 Å². The number of nitrogens with zero attached hydrogens (tertiary/aromatic N) is 5. The number of amides is 2. The smallest absolute Gasteiger partial charge is 0.319 e. The Morgan fingerprint density at radius 2 is 2.07 bits per heavy atom. The lowest BCUT2D eigenvalue weighted by molar-refractivity contribution is 0.153. The van der Waals surface area contributed by atoms with E-state index in [0.717, 1.165) is 47.7 Å². The van der Waals surface area contributed by atoms with Crippen molar-refractivity contribution in [3.05, 3.63) is 48.4 Å². The zero-order chi connectivity index (χ0) is 19.7. The van der Waals surface area contributed by atoms with Crippen molar-refractivity contribution < 1.29 is 9.53 Å². The van der Waals surface area contributed by atoms with E-state index >= 15 is 0 Å². The first-order valence-corrected chi connectivity index (χ1v) is 9.52. The first-order chi connectivity index (χ1) is 13.5. The highest BCUT2D eigenvalue weighted by Crippen LogP contribution is 2.27. The van der Waals surface area contributed by atoms with Crippen LogP contribution in [0.4, 0.5) is 4.79 Å². The van der Waals surface area contributed by atoms with Crippen LogP contribution < -0.4 is 4.74 Å². The van der Waals surface area contributed by atoms with Crippen LogP contribution in [0.2, 0.25) is 0 Å². The van der Waals surface area contributed by atoms with Gasteiger partial charge in [-0.25, -0.2) is 14.3 Å². The molecule has 0 radical (unpaired) electrons. The summed E-state index contributed by atoms with van der Waals surface area (Å²) in [5.41, 5.74) is 2.94. The number of benzene rings is 1. The molecular formula is C21H25N5O2. The van der Waals surface area contributed by atoms with Crippen LogP contribution >= 0.6 is 0 Å². The molecule has 3 heterocycles. The summed E-state index contributed by atoms with van der Waals surface area (Å²) in [6, 6.07) is 12.0. The van der Waals surface area contributed by atoms with Crippen LogP contribution in [-0.4, -0.2) is 64.7 Å². The quantitative estimate of drug-likeness (QED) is 0.701. The van der Waals surface area contributed by atoms with Crippen LogP contribution in [0.1, 0.15) is 24.6 Å². The molecule has 2 amide bonds. The summed E-state index contributed by atoms with van der Waals surface area (Å²) in [7, 11) is 5.24. The lowest BCUT2D eigenvalue weighted by Gasteiger charge is -2.33. The molecule has 1 saturated heterocycles. The molecule has 1 aromatic carbocycles. The normalized spacial score (nSPS) is 17.0. The van der Waals surface area contributed by atoms with Crippen molar-refractivity contribution in [3.63, 3.8) is 0 Å². The van der Waals surface area contributed by atoms with Crippen LogP contribution in [0.3, 0.4) is 0 Å². The van der Waals surface area contributed by atoms with Gasteiger partial charge in [0.1, 0.15) is 5.75 Å². The number of carbonyl (C=O) groups is 1. The van der Waals surface area contributed by atoms with Gasteiger partial charge in [0, 0.05) is 44.9 Å². The summed E-state index contributed by atoms with van der Waals surface area (Å²) < 4.78 is 7.15. The van der Waals surface area contributed by atoms with Crippen molar-refractivity contribution in [2.24, 2.45) is 0 Å². The Labute approximate surface area is 164 Å². The fourth-order valence-electron chi connectivity index (χ4n) is 3.69. The van der Waals surface area contributed by atoms with Gasteiger partial charge in [-0.1, -0.05) is 12.1 Å². The molecule has 146 valence electrons. The van der Waals surface area contributed by atoms with Crippen LogP contribution in [0.25, 0.3) is 16.8 Å². The highest BCUT2D eigenvalue weighted by molar-refractivity contribution is 5.74. The number of carbonyl (C=O) groups excluding carboxylic acids is 1. The highest BCUT2D eigenvalue weighted by atomic mass is 16.5. The number of rotatable bonds is 3. The number of fused-ring (bicyclic) bond motifs is 1. The molecule has 1 fully saturated rings. The molecule has 3 aromatic rings. The molecule has 28 heavy (non-hydrogen) atoms. The minimum absolute atomic E-state index is 0.0498. The van der Waals surface area contributed by atoms with Gasteiger partial charge in [-0.2, -0.15) is 5.10 Å². The van der Waals surface area contributed by atoms with Gasteiger partial charge in [0.05, 0.1) is 7.11 Å². The summed E-state index contributed by atoms with van der Waals surface area (Å²) in [6.07, 6.45) is 3.96. The van der Waals surface area contributed by atoms with Crippen LogP contribution in [0.5, 0.6) is 5.75 Å². The van der Waals surface area contributed by atoms with Gasteiger partial charge in [-0.3, -0.25) is 0 Å². The fourth-order valence-corrected chi connectivity index (χ4v) is 3.69. The molecule has 7 heteroatoms. The van der Waals surface area contributed by atoms with E-state index in [1.807, 2.05) is 52.0 Å². The molecule has 1 aliphatic heterocycles. The second-order valence-corrected chi connectivity index (χ2v) is 7.38. The van der Waals surface area contributed by atoms with E-state index in [9.17, 15) is 4.79 Å². The number of hydrogen-bond donors (Lipinski definition) is 0. The lowest BCUT2D eigenvalue weighted by Crippen LogP contribution is -2.44. The molecule has 2 aromatic heterocycles. The maximum atomic E-state index is 12.3. The van der Waals surface area contributed by atoms with Crippen LogP contribution in [-0.2, 0) is 0 Å². The first-order valence-electron chi connectivity index (χ1n) is 9.52. The van der Waals surface area contributed by atoms with Gasteiger partial charge >= 0.3 is 6.03 Å². The number of piperidine rings is 1. The third-order valence-electron chi connectivity index (χ3n) is 5.19. The Bertz CT molecular complexity index is 997. The molecule has 0 bridgehead atoms. The molecule has 1 aliphatic rings. The van der Waals surface area contributed by atoms with E-state index in [-0.39, 0.29) is 11.9 Å². The second-order valence-electron chi connectivity index (χ2n) is 7.38. The monoisotopic (exact) mass is 379 g/mol. The van der Waals surface area contributed by atoms with E-state index in [1.54, 1.807) is 26.1 Å². The van der Waals surface area contributed by atoms with E-state index in [2.05, 4.69) is 0 Å². The number of pyridine rings is 1. The van der Waals surface area contributed by atoms with Crippen LogP contribution in [0, 0.1) is 0 Å². The predicted molar refractivity (Wildman–Crippen MR) is 108 cm³/mol. The first kappa shape index (κ1) is 18.3. The number of urea groups is 1. The maximum absolute atomic E-state index is 12.3. The molecular weight excluding hydrogens is 354 g/mol. The van der Waals surface area contributed by atoms with Crippen molar-refractivity contribution in [2.45, 2.75) is 18.8 Å². The van der Waals surface area contributed by atoms with E-state index < -0.39 is 0 Å². The Morgan fingerprint density at radius 3 is 2.86 bits per heavy atom. The third-order valence-corrected chi connectivity index (χ3v) is 5.19. The number of hydrogen-bond acceptors (Lipinski definition) is 4. The number of aromatic nitrogens is 3. The Hall–Kier alpha value is -3.09. The SMILES string of the molecule is COc1cccc(-c2ccc3nc([C@@H]4CCCN(C(=O)N(C)C)C4)nn3c2)c1. The van der Waals surface area contributed by atoms with Gasteiger partial charge in [-0.15, -0.1) is 0 Å². The summed E-state index contributed by atoms with van der Waals surface area (Å²) in [5.74, 6) is 1.79. The largest absolute Gasteiger partial charge is 0.497 e. The maximum Gasteiger partial charge on any atom is 0.319 e. The second kappa shape index (κ2) is 7.50. The van der Waals surface area contributed by atoms with Crippen molar-refractivity contribution >= 4 is 11.7 Å². The average Bonchev–Trinajstić information content (AvgIpc) is 3.16. The molecule has 0 N–H and O–H groups in total. The van der Waals surface area contributed by atoms with Gasteiger partial charge in [0.15, 0.2) is 11.5 Å². The van der Waals surface area contributed by atoms with Crippen molar-refractivity contribution in [1.82, 2.24) is 24.4 Å². The fraction of sp³-hybridized carbons (Fsp3) is 0.381.